The van der Waals surface area contributed by atoms with E-state index >= 15 is 0 Å². The molecular weight excluding hydrogens is 287 g/mol. The molecule has 0 unspecified atom stereocenters. The number of nitrogens with two attached hydrogens (primary N) is 1. The van der Waals surface area contributed by atoms with Crippen LogP contribution in [-0.4, -0.2) is 21.5 Å². The van der Waals surface area contributed by atoms with Crippen LogP contribution in [0.3, 0.4) is 0 Å². The number of nitrogens with one attached hydrogen (secondary N) is 1. The zero-order valence-corrected chi connectivity index (χ0v) is 13.0. The van der Waals surface area contributed by atoms with Crippen molar-refractivity contribution in [1.82, 2.24) is 9.78 Å². The second kappa shape index (κ2) is 5.67. The van der Waals surface area contributed by atoms with Crippen molar-refractivity contribution in [3.8, 4) is 11.3 Å². The first kappa shape index (κ1) is 15.8. The molecule has 1 heterocycles. The molecule has 1 amide bonds. The van der Waals surface area contributed by atoms with Crippen molar-refractivity contribution in [2.75, 3.05) is 11.1 Å². The number of amides is 1. The summed E-state index contributed by atoms with van der Waals surface area (Å²) in [5.41, 5.74) is 6.98. The van der Waals surface area contributed by atoms with E-state index in [9.17, 15) is 9.18 Å². The van der Waals surface area contributed by atoms with Gasteiger partial charge in [0.25, 0.3) is 0 Å². The van der Waals surface area contributed by atoms with E-state index in [1.807, 2.05) is 0 Å². The molecule has 7 heteroatoms. The first-order valence-corrected chi connectivity index (χ1v) is 6.75. The number of benzene rings is 1. The van der Waals surface area contributed by atoms with Crippen LogP contribution in [0.25, 0.3) is 11.3 Å². The van der Waals surface area contributed by atoms with Gasteiger partial charge in [-0.1, -0.05) is 0 Å². The molecule has 0 aliphatic carbocycles. The van der Waals surface area contributed by atoms with Crippen LogP contribution in [0.5, 0.6) is 0 Å². The number of nitrogens with zero attached hydrogens (tertiary/aromatic N) is 2. The van der Waals surface area contributed by atoms with Crippen LogP contribution >= 0.6 is 0 Å². The van der Waals surface area contributed by atoms with Gasteiger partial charge in [0.2, 0.25) is 0 Å². The molecule has 0 aliphatic heterocycles. The Bertz CT molecular complexity index is 685. The average Bonchev–Trinajstić information content (AvgIpc) is 2.69. The van der Waals surface area contributed by atoms with Crippen molar-refractivity contribution in [2.45, 2.75) is 26.4 Å². The van der Waals surface area contributed by atoms with E-state index in [1.54, 1.807) is 27.8 Å². The number of rotatable bonds is 2. The summed E-state index contributed by atoms with van der Waals surface area (Å²) in [4.78, 5) is 11.9. The number of hydrogen-bond acceptors (Lipinski definition) is 4. The zero-order valence-electron chi connectivity index (χ0n) is 13.0. The number of aromatic nitrogens is 2. The summed E-state index contributed by atoms with van der Waals surface area (Å²) in [6.45, 7) is 5.28. The SMILES string of the molecule is Cn1ncc(N)c1-c1cc(F)ccc1NC(=O)OC(C)(C)C. The van der Waals surface area contributed by atoms with Gasteiger partial charge in [-0.05, 0) is 39.0 Å². The number of carbonyl (C=O) groups excluding carboxylic acids is 1. The van der Waals surface area contributed by atoms with E-state index in [2.05, 4.69) is 10.4 Å². The zero-order chi connectivity index (χ0) is 16.5. The fraction of sp³-hybridized carbons (Fsp3) is 0.333. The Morgan fingerprint density at radius 3 is 2.64 bits per heavy atom. The number of anilines is 2. The molecule has 3 N–H and O–H groups in total. The van der Waals surface area contributed by atoms with E-state index in [0.29, 0.717) is 22.6 Å². The summed E-state index contributed by atoms with van der Waals surface area (Å²) in [6, 6.07) is 4.00. The lowest BCUT2D eigenvalue weighted by molar-refractivity contribution is 0.0636. The van der Waals surface area contributed by atoms with Gasteiger partial charge in [0.1, 0.15) is 11.4 Å². The van der Waals surface area contributed by atoms with Crippen LogP contribution in [0.15, 0.2) is 24.4 Å². The summed E-state index contributed by atoms with van der Waals surface area (Å²) in [7, 11) is 1.69. The molecule has 0 radical (unpaired) electrons. The van der Waals surface area contributed by atoms with Gasteiger partial charge in [0.15, 0.2) is 0 Å². The van der Waals surface area contributed by atoms with Gasteiger partial charge in [0.05, 0.1) is 23.3 Å². The van der Waals surface area contributed by atoms with Crippen LogP contribution in [0, 0.1) is 5.82 Å². The number of halogens is 1. The molecule has 1 aromatic carbocycles. The molecule has 0 spiro atoms. The monoisotopic (exact) mass is 306 g/mol. The third-order valence-electron chi connectivity index (χ3n) is 2.84. The van der Waals surface area contributed by atoms with Crippen LogP contribution in [-0.2, 0) is 11.8 Å². The minimum atomic E-state index is -0.629. The summed E-state index contributed by atoms with van der Waals surface area (Å²) < 4.78 is 20.3. The minimum Gasteiger partial charge on any atom is -0.444 e. The highest BCUT2D eigenvalue weighted by Gasteiger charge is 2.19. The molecule has 6 nitrogen and oxygen atoms in total. The standard InChI is InChI=1S/C15H19FN4O2/c1-15(2,3)22-14(21)19-12-6-5-9(16)7-10(12)13-11(17)8-18-20(13)4/h5-8H,17H2,1-4H3,(H,19,21). The van der Waals surface area contributed by atoms with Crippen LogP contribution in [0.4, 0.5) is 20.6 Å². The van der Waals surface area contributed by atoms with E-state index in [-0.39, 0.29) is 0 Å². The predicted octanol–water partition coefficient (Wildman–Crippen LogP) is 3.16. The highest BCUT2D eigenvalue weighted by Crippen LogP contribution is 2.32. The third-order valence-corrected chi connectivity index (χ3v) is 2.84. The lowest BCUT2D eigenvalue weighted by atomic mass is 10.1. The van der Waals surface area contributed by atoms with E-state index in [4.69, 9.17) is 10.5 Å². The molecule has 0 atom stereocenters. The smallest absolute Gasteiger partial charge is 0.412 e. The topological polar surface area (TPSA) is 82.2 Å². The first-order chi connectivity index (χ1) is 10.2. The number of aryl methyl sites for hydroxylation is 1. The summed E-state index contributed by atoms with van der Waals surface area (Å²) in [5.74, 6) is -0.440. The van der Waals surface area contributed by atoms with Crippen molar-refractivity contribution < 1.29 is 13.9 Å². The van der Waals surface area contributed by atoms with Crippen molar-refractivity contribution >= 4 is 17.5 Å². The maximum absolute atomic E-state index is 13.6. The van der Waals surface area contributed by atoms with Crippen LogP contribution in [0.1, 0.15) is 20.8 Å². The summed E-state index contributed by atoms with van der Waals surface area (Å²) >= 11 is 0. The summed E-state index contributed by atoms with van der Waals surface area (Å²) in [5, 5.41) is 6.64. The number of nitrogen functional groups attached to an aromatic ring is 1. The predicted molar refractivity (Wildman–Crippen MR) is 82.9 cm³/mol. The first-order valence-electron chi connectivity index (χ1n) is 6.75. The molecule has 0 saturated heterocycles. The Morgan fingerprint density at radius 2 is 2.09 bits per heavy atom. The van der Waals surface area contributed by atoms with Crippen LogP contribution in [0.2, 0.25) is 0 Å². The molecular formula is C15H19FN4O2. The molecule has 1 aromatic heterocycles. The second-order valence-corrected chi connectivity index (χ2v) is 5.89. The van der Waals surface area contributed by atoms with E-state index in [1.165, 1.54) is 29.1 Å². The normalized spacial score (nSPS) is 11.3. The number of ether oxygens (including phenoxy) is 1. The van der Waals surface area contributed by atoms with Gasteiger partial charge >= 0.3 is 6.09 Å². The fourth-order valence-corrected chi connectivity index (χ4v) is 2.02. The van der Waals surface area contributed by atoms with E-state index < -0.39 is 17.5 Å². The lowest BCUT2D eigenvalue weighted by Gasteiger charge is -2.20. The van der Waals surface area contributed by atoms with Gasteiger partial charge in [-0.3, -0.25) is 10.00 Å². The third kappa shape index (κ3) is 3.55. The van der Waals surface area contributed by atoms with Gasteiger partial charge < -0.3 is 10.5 Å². The Kier molecular flexibility index (Phi) is 4.07. The largest absolute Gasteiger partial charge is 0.444 e. The molecule has 2 rings (SSSR count). The van der Waals surface area contributed by atoms with E-state index in [0.717, 1.165) is 0 Å². The average molecular weight is 306 g/mol. The Morgan fingerprint density at radius 1 is 1.41 bits per heavy atom. The molecule has 0 aliphatic rings. The highest BCUT2D eigenvalue weighted by molar-refractivity contribution is 5.93. The van der Waals surface area contributed by atoms with Gasteiger partial charge in [-0.15, -0.1) is 0 Å². The maximum atomic E-state index is 13.6. The number of hydrogen-bond donors (Lipinski definition) is 2. The maximum Gasteiger partial charge on any atom is 0.412 e. The molecule has 0 fully saturated rings. The van der Waals surface area contributed by atoms with Crippen molar-refractivity contribution in [1.29, 1.82) is 0 Å². The molecule has 0 saturated carbocycles. The van der Waals surface area contributed by atoms with Gasteiger partial charge in [-0.25, -0.2) is 9.18 Å². The van der Waals surface area contributed by atoms with Gasteiger partial charge in [0, 0.05) is 12.6 Å². The molecule has 118 valence electrons. The van der Waals surface area contributed by atoms with Crippen molar-refractivity contribution in [3.05, 3.63) is 30.2 Å². The van der Waals surface area contributed by atoms with Gasteiger partial charge in [-0.2, -0.15) is 5.10 Å². The molecule has 22 heavy (non-hydrogen) atoms. The molecule has 2 aromatic rings. The molecule has 0 bridgehead atoms. The second-order valence-electron chi connectivity index (χ2n) is 5.89. The van der Waals surface area contributed by atoms with Crippen molar-refractivity contribution in [3.63, 3.8) is 0 Å². The van der Waals surface area contributed by atoms with Crippen LogP contribution < -0.4 is 11.1 Å². The quantitative estimate of drug-likeness (QED) is 0.893. The fourth-order valence-electron chi connectivity index (χ4n) is 2.02. The Labute approximate surface area is 128 Å². The Balaban J connectivity index is 2.39. The Hall–Kier alpha value is -2.57. The highest BCUT2D eigenvalue weighted by atomic mass is 19.1. The summed E-state index contributed by atoms with van der Waals surface area (Å²) in [6.07, 6.45) is 0.846. The number of carbonyl (C=O) groups is 1. The minimum absolute atomic E-state index is 0.389. The lowest BCUT2D eigenvalue weighted by Crippen LogP contribution is -2.27. The van der Waals surface area contributed by atoms with Crippen molar-refractivity contribution in [2.24, 2.45) is 7.05 Å².